The summed E-state index contributed by atoms with van der Waals surface area (Å²) in [5, 5.41) is 0.938. The molecule has 3 heterocycles. The maximum atomic E-state index is 13.7. The molecule has 118 valence electrons. The van der Waals surface area contributed by atoms with Crippen LogP contribution in [0, 0.1) is 5.82 Å². The van der Waals surface area contributed by atoms with Gasteiger partial charge in [-0.1, -0.05) is 0 Å². The molecular weight excluding hydrogens is 323 g/mol. The van der Waals surface area contributed by atoms with E-state index in [1.54, 1.807) is 35.9 Å². The summed E-state index contributed by atoms with van der Waals surface area (Å²) in [5.41, 5.74) is 2.74. The highest BCUT2D eigenvalue weighted by Crippen LogP contribution is 2.43. The van der Waals surface area contributed by atoms with Crippen molar-refractivity contribution in [1.82, 2.24) is 19.5 Å². The van der Waals surface area contributed by atoms with E-state index in [2.05, 4.69) is 14.5 Å². The molecule has 0 bridgehead atoms. The fourth-order valence-corrected chi connectivity index (χ4v) is 3.86. The number of fused-ring (bicyclic) bond motifs is 1. The molecule has 0 spiro atoms. The third-order valence-electron chi connectivity index (χ3n) is 4.22. The lowest BCUT2D eigenvalue weighted by Gasteiger charge is -2.05. The Hall–Kier alpha value is -2.60. The lowest BCUT2D eigenvalue weighted by molar-refractivity contribution is 0.628. The minimum absolute atomic E-state index is 0.224. The third-order valence-corrected chi connectivity index (χ3v) is 5.26. The van der Waals surface area contributed by atoms with Crippen LogP contribution in [0.2, 0.25) is 0 Å². The van der Waals surface area contributed by atoms with E-state index in [-0.39, 0.29) is 5.82 Å². The number of thiazole rings is 1. The largest absolute Gasteiger partial charge is 0.320 e. The number of imidazole rings is 1. The molecule has 0 N–H and O–H groups in total. The van der Waals surface area contributed by atoms with E-state index in [1.807, 2.05) is 18.3 Å². The van der Waals surface area contributed by atoms with Crippen LogP contribution >= 0.6 is 11.3 Å². The molecule has 0 saturated heterocycles. The quantitative estimate of drug-likeness (QED) is 0.545. The first-order valence-electron chi connectivity index (χ1n) is 7.84. The summed E-state index contributed by atoms with van der Waals surface area (Å²) in [7, 11) is 0. The zero-order valence-electron chi connectivity index (χ0n) is 12.7. The van der Waals surface area contributed by atoms with E-state index in [1.165, 1.54) is 6.07 Å². The highest BCUT2D eigenvalue weighted by Gasteiger charge is 2.29. The molecule has 0 amide bonds. The molecule has 6 heteroatoms. The first-order valence-corrected chi connectivity index (χ1v) is 8.65. The standard InChI is InChI=1S/C18H13FN4S/c19-12-1-4-14-15(9-12)23(13-2-3-13)17(22-14)16-10-21-18(24-16)11-5-7-20-8-6-11/h1,4-10,13H,2-3H2. The summed E-state index contributed by atoms with van der Waals surface area (Å²) in [6.07, 6.45) is 7.62. The van der Waals surface area contributed by atoms with Crippen LogP contribution in [0.1, 0.15) is 18.9 Å². The van der Waals surface area contributed by atoms with Crippen LogP contribution in [0.4, 0.5) is 4.39 Å². The summed E-state index contributed by atoms with van der Waals surface area (Å²) < 4.78 is 15.8. The normalized spacial score (nSPS) is 14.4. The van der Waals surface area contributed by atoms with Crippen LogP contribution in [-0.4, -0.2) is 19.5 Å². The van der Waals surface area contributed by atoms with E-state index in [0.29, 0.717) is 6.04 Å². The van der Waals surface area contributed by atoms with Gasteiger partial charge in [0.05, 0.1) is 15.9 Å². The molecule has 0 atom stereocenters. The molecule has 1 fully saturated rings. The summed E-state index contributed by atoms with van der Waals surface area (Å²) >= 11 is 1.60. The summed E-state index contributed by atoms with van der Waals surface area (Å²) in [6.45, 7) is 0. The van der Waals surface area contributed by atoms with Gasteiger partial charge in [0, 0.05) is 30.2 Å². The molecule has 1 aliphatic rings. The number of benzene rings is 1. The van der Waals surface area contributed by atoms with Gasteiger partial charge in [-0.15, -0.1) is 11.3 Å². The van der Waals surface area contributed by atoms with Crippen molar-refractivity contribution >= 4 is 22.4 Å². The molecule has 1 aliphatic carbocycles. The fourth-order valence-electron chi connectivity index (χ4n) is 2.95. The summed E-state index contributed by atoms with van der Waals surface area (Å²) in [5.74, 6) is 0.661. The van der Waals surface area contributed by atoms with Gasteiger partial charge in [0.2, 0.25) is 0 Å². The fraction of sp³-hybridized carbons (Fsp3) is 0.167. The van der Waals surface area contributed by atoms with E-state index >= 15 is 0 Å². The number of nitrogens with zero attached hydrogens (tertiary/aromatic N) is 4. The number of aromatic nitrogens is 4. The number of hydrogen-bond donors (Lipinski definition) is 0. The molecule has 4 aromatic rings. The van der Waals surface area contributed by atoms with Gasteiger partial charge in [-0.05, 0) is 43.2 Å². The minimum atomic E-state index is -0.224. The van der Waals surface area contributed by atoms with Crippen LogP contribution in [0.15, 0.2) is 48.9 Å². The van der Waals surface area contributed by atoms with Crippen molar-refractivity contribution in [2.45, 2.75) is 18.9 Å². The Bertz CT molecular complexity index is 1030. The first-order chi connectivity index (χ1) is 11.8. The average molecular weight is 336 g/mol. The van der Waals surface area contributed by atoms with Crippen LogP contribution in [-0.2, 0) is 0 Å². The third kappa shape index (κ3) is 2.22. The van der Waals surface area contributed by atoms with E-state index in [4.69, 9.17) is 4.98 Å². The number of halogens is 1. The molecule has 0 radical (unpaired) electrons. The Morgan fingerprint density at radius 1 is 1.12 bits per heavy atom. The second kappa shape index (κ2) is 5.21. The van der Waals surface area contributed by atoms with E-state index in [9.17, 15) is 4.39 Å². The molecule has 1 aromatic carbocycles. The first kappa shape index (κ1) is 13.8. The predicted octanol–water partition coefficient (Wildman–Crippen LogP) is 4.70. The van der Waals surface area contributed by atoms with Crippen molar-refractivity contribution < 1.29 is 4.39 Å². The highest BCUT2D eigenvalue weighted by atomic mass is 32.1. The Morgan fingerprint density at radius 3 is 2.75 bits per heavy atom. The molecule has 5 rings (SSSR count). The maximum Gasteiger partial charge on any atom is 0.153 e. The Balaban J connectivity index is 1.67. The van der Waals surface area contributed by atoms with Gasteiger partial charge in [-0.2, -0.15) is 0 Å². The lowest BCUT2D eigenvalue weighted by Crippen LogP contribution is -1.96. The van der Waals surface area contributed by atoms with Gasteiger partial charge >= 0.3 is 0 Å². The van der Waals surface area contributed by atoms with Gasteiger partial charge < -0.3 is 4.57 Å². The van der Waals surface area contributed by atoms with E-state index < -0.39 is 0 Å². The molecule has 1 saturated carbocycles. The van der Waals surface area contributed by atoms with Gasteiger partial charge in [-0.25, -0.2) is 14.4 Å². The monoisotopic (exact) mass is 336 g/mol. The average Bonchev–Trinajstić information content (AvgIpc) is 3.20. The smallest absolute Gasteiger partial charge is 0.153 e. The predicted molar refractivity (Wildman–Crippen MR) is 92.3 cm³/mol. The molecular formula is C18H13FN4S. The van der Waals surface area contributed by atoms with Gasteiger partial charge in [0.25, 0.3) is 0 Å². The van der Waals surface area contributed by atoms with Crippen molar-refractivity contribution in [3.05, 3.63) is 54.7 Å². The molecule has 0 unspecified atom stereocenters. The van der Waals surface area contributed by atoms with Crippen molar-refractivity contribution in [1.29, 1.82) is 0 Å². The van der Waals surface area contributed by atoms with Crippen molar-refractivity contribution in [2.24, 2.45) is 0 Å². The SMILES string of the molecule is Fc1ccc2nc(-c3cnc(-c4ccncc4)s3)n(C3CC3)c2c1. The Kier molecular flexibility index (Phi) is 2.99. The topological polar surface area (TPSA) is 43.6 Å². The highest BCUT2D eigenvalue weighted by molar-refractivity contribution is 7.18. The maximum absolute atomic E-state index is 13.7. The zero-order chi connectivity index (χ0) is 16.1. The van der Waals surface area contributed by atoms with Crippen molar-refractivity contribution in [3.63, 3.8) is 0 Å². The van der Waals surface area contributed by atoms with Gasteiger partial charge in [-0.3, -0.25) is 4.98 Å². The second-order valence-electron chi connectivity index (χ2n) is 5.94. The van der Waals surface area contributed by atoms with Crippen molar-refractivity contribution in [2.75, 3.05) is 0 Å². The summed E-state index contributed by atoms with van der Waals surface area (Å²) in [6, 6.07) is 9.10. The van der Waals surface area contributed by atoms with E-state index in [0.717, 1.165) is 45.1 Å². The number of rotatable bonds is 3. The van der Waals surface area contributed by atoms with Crippen molar-refractivity contribution in [3.8, 4) is 21.3 Å². The Morgan fingerprint density at radius 2 is 1.96 bits per heavy atom. The molecule has 4 nitrogen and oxygen atoms in total. The van der Waals surface area contributed by atoms with Gasteiger partial charge in [0.15, 0.2) is 5.82 Å². The Labute approximate surface area is 141 Å². The lowest BCUT2D eigenvalue weighted by atomic mass is 10.3. The minimum Gasteiger partial charge on any atom is -0.320 e. The van der Waals surface area contributed by atoms with Crippen LogP contribution in [0.25, 0.3) is 32.3 Å². The number of hydrogen-bond acceptors (Lipinski definition) is 4. The van der Waals surface area contributed by atoms with Gasteiger partial charge in [0.1, 0.15) is 10.8 Å². The second-order valence-corrected chi connectivity index (χ2v) is 6.97. The number of pyridine rings is 1. The van der Waals surface area contributed by atoms with Crippen LogP contribution < -0.4 is 0 Å². The molecule has 24 heavy (non-hydrogen) atoms. The van der Waals surface area contributed by atoms with Crippen LogP contribution in [0.3, 0.4) is 0 Å². The zero-order valence-corrected chi connectivity index (χ0v) is 13.5. The molecule has 3 aromatic heterocycles. The van der Waals surface area contributed by atoms with Crippen LogP contribution in [0.5, 0.6) is 0 Å². The summed E-state index contributed by atoms with van der Waals surface area (Å²) in [4.78, 5) is 14.3. The molecule has 0 aliphatic heterocycles.